The molecule has 140 valence electrons. The van der Waals surface area contributed by atoms with E-state index in [1.54, 1.807) is 12.1 Å². The summed E-state index contributed by atoms with van der Waals surface area (Å²) in [4.78, 5) is 9.31. The van der Waals surface area contributed by atoms with Crippen LogP contribution in [0.2, 0.25) is 0 Å². The first kappa shape index (κ1) is 17.9. The average Bonchev–Trinajstić information content (AvgIpc) is 2.70. The number of fused-ring (bicyclic) bond motifs is 1. The van der Waals surface area contributed by atoms with Gasteiger partial charge in [-0.15, -0.1) is 0 Å². The topological polar surface area (TPSA) is 49.8 Å². The van der Waals surface area contributed by atoms with Gasteiger partial charge in [-0.25, -0.2) is 9.37 Å². The van der Waals surface area contributed by atoms with Crippen molar-refractivity contribution in [2.45, 2.75) is 20.4 Å². The number of aromatic nitrogens is 2. The van der Waals surface area contributed by atoms with E-state index in [-0.39, 0.29) is 5.82 Å². The first-order chi connectivity index (χ1) is 13.6. The van der Waals surface area contributed by atoms with Crippen LogP contribution in [0.15, 0.2) is 66.7 Å². The fourth-order valence-electron chi connectivity index (χ4n) is 3.00. The predicted octanol–water partition coefficient (Wildman–Crippen LogP) is 5.74. The normalized spacial score (nSPS) is 10.8. The summed E-state index contributed by atoms with van der Waals surface area (Å²) in [5, 5.41) is 7.59. The van der Waals surface area contributed by atoms with Crippen molar-refractivity contribution in [1.82, 2.24) is 9.97 Å². The Morgan fingerprint density at radius 1 is 0.857 bits per heavy atom. The standard InChI is InChI=1S/C23H21FN4/c1-15-7-12-19(13-16(15)2)26-23-27-21-6-4-3-5-20(21)22(28-23)25-14-17-8-10-18(24)11-9-17/h3-13H,14H2,1-2H3,(H2,25,26,27,28). The van der Waals surface area contributed by atoms with Gasteiger partial charge in [-0.3, -0.25) is 0 Å². The maximum absolute atomic E-state index is 13.1. The number of anilines is 3. The fraction of sp³-hybridized carbons (Fsp3) is 0.130. The van der Waals surface area contributed by atoms with Crippen LogP contribution < -0.4 is 10.6 Å². The molecule has 0 saturated carbocycles. The molecule has 0 aliphatic heterocycles. The highest BCUT2D eigenvalue weighted by molar-refractivity contribution is 5.90. The largest absolute Gasteiger partial charge is 0.365 e. The Hall–Kier alpha value is -3.47. The molecule has 0 fully saturated rings. The molecule has 0 saturated heterocycles. The van der Waals surface area contributed by atoms with Crippen molar-refractivity contribution in [1.29, 1.82) is 0 Å². The van der Waals surface area contributed by atoms with Crippen LogP contribution in [0, 0.1) is 19.7 Å². The highest BCUT2D eigenvalue weighted by Crippen LogP contribution is 2.25. The zero-order chi connectivity index (χ0) is 19.5. The number of para-hydroxylation sites is 1. The number of rotatable bonds is 5. The number of benzene rings is 3. The molecular weight excluding hydrogens is 351 g/mol. The lowest BCUT2D eigenvalue weighted by molar-refractivity contribution is 0.627. The van der Waals surface area contributed by atoms with Gasteiger partial charge in [-0.1, -0.05) is 30.3 Å². The monoisotopic (exact) mass is 372 g/mol. The molecule has 0 aliphatic carbocycles. The van der Waals surface area contributed by atoms with Crippen LogP contribution in [-0.2, 0) is 6.54 Å². The van der Waals surface area contributed by atoms with Crippen LogP contribution in [0.4, 0.5) is 21.8 Å². The van der Waals surface area contributed by atoms with Crippen LogP contribution in [-0.4, -0.2) is 9.97 Å². The molecule has 5 heteroatoms. The molecule has 0 atom stereocenters. The number of nitrogens with zero attached hydrogens (tertiary/aromatic N) is 2. The van der Waals surface area contributed by atoms with Gasteiger partial charge in [-0.05, 0) is 66.9 Å². The van der Waals surface area contributed by atoms with Crippen molar-refractivity contribution < 1.29 is 4.39 Å². The minimum Gasteiger partial charge on any atom is -0.365 e. The van der Waals surface area contributed by atoms with Gasteiger partial charge in [0.2, 0.25) is 5.95 Å². The van der Waals surface area contributed by atoms with Crippen LogP contribution in [0.3, 0.4) is 0 Å². The van der Waals surface area contributed by atoms with Crippen molar-refractivity contribution >= 4 is 28.4 Å². The average molecular weight is 372 g/mol. The Bertz CT molecular complexity index is 1120. The van der Waals surface area contributed by atoms with E-state index in [4.69, 9.17) is 0 Å². The second-order valence-electron chi connectivity index (χ2n) is 6.82. The van der Waals surface area contributed by atoms with E-state index in [1.165, 1.54) is 23.3 Å². The van der Waals surface area contributed by atoms with E-state index in [0.717, 1.165) is 28.0 Å². The Morgan fingerprint density at radius 3 is 2.43 bits per heavy atom. The third-order valence-corrected chi connectivity index (χ3v) is 4.74. The van der Waals surface area contributed by atoms with Gasteiger partial charge >= 0.3 is 0 Å². The number of nitrogens with one attached hydrogen (secondary N) is 2. The maximum Gasteiger partial charge on any atom is 0.229 e. The molecule has 0 unspecified atom stereocenters. The smallest absolute Gasteiger partial charge is 0.229 e. The molecular formula is C23H21FN4. The quantitative estimate of drug-likeness (QED) is 0.469. The minimum absolute atomic E-state index is 0.240. The van der Waals surface area contributed by atoms with E-state index in [0.29, 0.717) is 12.5 Å². The molecule has 4 aromatic rings. The van der Waals surface area contributed by atoms with E-state index >= 15 is 0 Å². The van der Waals surface area contributed by atoms with Crippen molar-refractivity contribution in [3.63, 3.8) is 0 Å². The number of aryl methyl sites for hydroxylation is 2. The number of hydrogen-bond acceptors (Lipinski definition) is 4. The zero-order valence-electron chi connectivity index (χ0n) is 15.8. The molecule has 1 heterocycles. The van der Waals surface area contributed by atoms with E-state index in [9.17, 15) is 4.39 Å². The molecule has 3 aromatic carbocycles. The summed E-state index contributed by atoms with van der Waals surface area (Å²) in [7, 11) is 0. The van der Waals surface area contributed by atoms with Crippen LogP contribution in [0.25, 0.3) is 10.9 Å². The van der Waals surface area contributed by atoms with Crippen molar-refractivity contribution in [2.75, 3.05) is 10.6 Å². The van der Waals surface area contributed by atoms with Gasteiger partial charge < -0.3 is 10.6 Å². The third-order valence-electron chi connectivity index (χ3n) is 4.74. The third kappa shape index (κ3) is 3.93. The SMILES string of the molecule is Cc1ccc(Nc2nc(NCc3ccc(F)cc3)c3ccccc3n2)cc1C. The molecule has 0 radical (unpaired) electrons. The lowest BCUT2D eigenvalue weighted by Crippen LogP contribution is -2.06. The summed E-state index contributed by atoms with van der Waals surface area (Å²) < 4.78 is 13.1. The molecule has 2 N–H and O–H groups in total. The summed E-state index contributed by atoms with van der Waals surface area (Å²) in [6.45, 7) is 4.71. The predicted molar refractivity (Wildman–Crippen MR) is 112 cm³/mol. The molecule has 0 aliphatic rings. The van der Waals surface area contributed by atoms with Crippen LogP contribution in [0.5, 0.6) is 0 Å². The fourth-order valence-corrected chi connectivity index (χ4v) is 3.00. The van der Waals surface area contributed by atoms with Gasteiger partial charge in [0.25, 0.3) is 0 Å². The van der Waals surface area contributed by atoms with Crippen LogP contribution in [0.1, 0.15) is 16.7 Å². The zero-order valence-corrected chi connectivity index (χ0v) is 15.8. The van der Waals surface area contributed by atoms with Gasteiger partial charge in [0.05, 0.1) is 5.52 Å². The summed E-state index contributed by atoms with van der Waals surface area (Å²) >= 11 is 0. The molecule has 4 rings (SSSR count). The van der Waals surface area contributed by atoms with Crippen LogP contribution >= 0.6 is 0 Å². The summed E-state index contributed by atoms with van der Waals surface area (Å²) in [5.41, 5.74) is 5.23. The van der Waals surface area contributed by atoms with Gasteiger partial charge in [-0.2, -0.15) is 4.98 Å². The molecule has 0 spiro atoms. The second-order valence-corrected chi connectivity index (χ2v) is 6.82. The van der Waals surface area contributed by atoms with E-state index in [2.05, 4.69) is 46.6 Å². The Morgan fingerprint density at radius 2 is 1.64 bits per heavy atom. The lowest BCUT2D eigenvalue weighted by Gasteiger charge is -2.13. The van der Waals surface area contributed by atoms with E-state index in [1.807, 2.05) is 30.3 Å². The van der Waals surface area contributed by atoms with Gasteiger partial charge in [0.15, 0.2) is 0 Å². The van der Waals surface area contributed by atoms with Gasteiger partial charge in [0, 0.05) is 17.6 Å². The number of hydrogen-bond donors (Lipinski definition) is 2. The summed E-state index contributed by atoms with van der Waals surface area (Å²) in [5.74, 6) is 1.03. The number of halogens is 1. The van der Waals surface area contributed by atoms with Gasteiger partial charge in [0.1, 0.15) is 11.6 Å². The Balaban J connectivity index is 1.64. The van der Waals surface area contributed by atoms with Crippen molar-refractivity contribution in [3.8, 4) is 0 Å². The molecule has 4 nitrogen and oxygen atoms in total. The summed E-state index contributed by atoms with van der Waals surface area (Å²) in [6, 6.07) is 20.5. The summed E-state index contributed by atoms with van der Waals surface area (Å²) in [6.07, 6.45) is 0. The van der Waals surface area contributed by atoms with E-state index < -0.39 is 0 Å². The first-order valence-electron chi connectivity index (χ1n) is 9.18. The van der Waals surface area contributed by atoms with Crippen molar-refractivity contribution in [2.24, 2.45) is 0 Å². The minimum atomic E-state index is -0.240. The highest BCUT2D eigenvalue weighted by atomic mass is 19.1. The molecule has 0 bridgehead atoms. The Kier molecular flexibility index (Phi) is 4.89. The van der Waals surface area contributed by atoms with Crippen molar-refractivity contribution in [3.05, 3.63) is 89.2 Å². The molecule has 1 aromatic heterocycles. The second kappa shape index (κ2) is 7.64. The highest BCUT2D eigenvalue weighted by Gasteiger charge is 2.08. The Labute approximate surface area is 163 Å². The lowest BCUT2D eigenvalue weighted by atomic mass is 10.1. The molecule has 0 amide bonds. The maximum atomic E-state index is 13.1. The molecule has 28 heavy (non-hydrogen) atoms. The first-order valence-corrected chi connectivity index (χ1v) is 9.18.